The predicted octanol–water partition coefficient (Wildman–Crippen LogP) is 3.52. The maximum absolute atomic E-state index is 11.7. The van der Waals surface area contributed by atoms with Crippen molar-refractivity contribution in [1.29, 1.82) is 0 Å². The van der Waals surface area contributed by atoms with Gasteiger partial charge in [-0.2, -0.15) is 0 Å². The Morgan fingerprint density at radius 2 is 0.889 bits per heavy atom. The van der Waals surface area contributed by atoms with E-state index in [4.69, 9.17) is 18.1 Å². The molecule has 0 rings (SSSR count). The molecule has 0 unspecified atom stereocenters. The van der Waals surface area contributed by atoms with Crippen molar-refractivity contribution in [3.8, 4) is 0 Å². The van der Waals surface area contributed by atoms with E-state index >= 15 is 0 Å². The first-order valence-electron chi connectivity index (χ1n) is 5.86. The summed E-state index contributed by atoms with van der Waals surface area (Å²) in [5.41, 5.74) is 0. The lowest BCUT2D eigenvalue weighted by Crippen LogP contribution is -1.97. The van der Waals surface area contributed by atoms with Crippen LogP contribution in [0.2, 0.25) is 0 Å². The molecule has 0 saturated carbocycles. The molecule has 0 heterocycles. The second kappa shape index (κ2) is 9.24. The first kappa shape index (κ1) is 18.3. The largest absolute Gasteiger partial charge is 0.330 e. The summed E-state index contributed by atoms with van der Waals surface area (Å²) in [5.74, 6) is 0. The smallest absolute Gasteiger partial charge is 0.312 e. The zero-order valence-corrected chi connectivity index (χ0v) is 13.4. The van der Waals surface area contributed by atoms with Crippen molar-refractivity contribution in [3.63, 3.8) is 0 Å². The summed E-state index contributed by atoms with van der Waals surface area (Å²) in [4.78, 5) is 0. The summed E-state index contributed by atoms with van der Waals surface area (Å²) in [5, 5.41) is 0. The molecule has 0 aromatic rings. The molecule has 0 aliphatic heterocycles. The quantitative estimate of drug-likeness (QED) is 0.429. The molecule has 0 aromatic heterocycles. The first-order valence-corrected chi connectivity index (χ1v) is 9.32. The van der Waals surface area contributed by atoms with E-state index in [1.165, 1.54) is 28.4 Å². The second-order valence-electron chi connectivity index (χ2n) is 3.81. The van der Waals surface area contributed by atoms with Crippen LogP contribution in [-0.4, -0.2) is 40.8 Å². The number of unbranched alkanes of at least 4 members (excludes halogenated alkanes) is 3. The SMILES string of the molecule is COP(=O)(CCCCCCP(=O)(OC)OC)OC. The van der Waals surface area contributed by atoms with E-state index in [0.717, 1.165) is 25.7 Å². The van der Waals surface area contributed by atoms with Gasteiger partial charge in [0.25, 0.3) is 0 Å². The topological polar surface area (TPSA) is 71.1 Å². The molecule has 0 spiro atoms. The second-order valence-corrected chi connectivity index (χ2v) is 8.61. The highest BCUT2D eigenvalue weighted by Crippen LogP contribution is 2.48. The van der Waals surface area contributed by atoms with Gasteiger partial charge in [-0.3, -0.25) is 9.13 Å². The first-order chi connectivity index (χ1) is 8.45. The number of hydrogen-bond acceptors (Lipinski definition) is 6. The molecule has 0 bridgehead atoms. The third-order valence-electron chi connectivity index (χ3n) is 2.73. The summed E-state index contributed by atoms with van der Waals surface area (Å²) in [6.45, 7) is 0. The van der Waals surface area contributed by atoms with Gasteiger partial charge in [0.1, 0.15) is 0 Å². The Balaban J connectivity index is 3.70. The fraction of sp³-hybridized carbons (Fsp3) is 1.00. The summed E-state index contributed by atoms with van der Waals surface area (Å²) < 4.78 is 42.7. The molecule has 0 amide bonds. The highest BCUT2D eigenvalue weighted by molar-refractivity contribution is 7.54. The summed E-state index contributed by atoms with van der Waals surface area (Å²) in [6, 6.07) is 0. The lowest BCUT2D eigenvalue weighted by Gasteiger charge is -2.14. The van der Waals surface area contributed by atoms with Crippen molar-refractivity contribution < 1.29 is 27.2 Å². The van der Waals surface area contributed by atoms with Crippen molar-refractivity contribution in [2.45, 2.75) is 25.7 Å². The van der Waals surface area contributed by atoms with E-state index in [1.54, 1.807) is 0 Å². The Labute approximate surface area is 109 Å². The zero-order chi connectivity index (χ0) is 14.1. The lowest BCUT2D eigenvalue weighted by molar-refractivity contribution is 0.272. The lowest BCUT2D eigenvalue weighted by atomic mass is 10.2. The molecular formula is C10H24O6P2. The monoisotopic (exact) mass is 302 g/mol. The third kappa shape index (κ3) is 7.03. The zero-order valence-electron chi connectivity index (χ0n) is 11.6. The van der Waals surface area contributed by atoms with Gasteiger partial charge in [0.2, 0.25) is 0 Å². The van der Waals surface area contributed by atoms with Crippen LogP contribution in [0.4, 0.5) is 0 Å². The molecule has 8 heteroatoms. The third-order valence-corrected chi connectivity index (χ3v) is 6.68. The van der Waals surface area contributed by atoms with Gasteiger partial charge in [-0.15, -0.1) is 0 Å². The average Bonchev–Trinajstić information content (AvgIpc) is 2.42. The standard InChI is InChI=1S/C10H24O6P2/c1-13-17(11,14-2)9-7-5-6-8-10-18(12,15-3)16-4/h5-10H2,1-4H3. The van der Waals surface area contributed by atoms with Crippen molar-refractivity contribution >= 4 is 15.2 Å². The van der Waals surface area contributed by atoms with Crippen molar-refractivity contribution in [2.75, 3.05) is 40.8 Å². The molecule has 0 atom stereocenters. The van der Waals surface area contributed by atoms with Gasteiger partial charge in [-0.05, 0) is 12.8 Å². The highest BCUT2D eigenvalue weighted by atomic mass is 31.2. The maximum atomic E-state index is 11.7. The van der Waals surface area contributed by atoms with Crippen molar-refractivity contribution in [1.82, 2.24) is 0 Å². The highest BCUT2D eigenvalue weighted by Gasteiger charge is 2.21. The molecule has 0 aliphatic carbocycles. The average molecular weight is 302 g/mol. The van der Waals surface area contributed by atoms with Crippen LogP contribution in [0.1, 0.15) is 25.7 Å². The minimum atomic E-state index is -2.88. The molecular weight excluding hydrogens is 278 g/mol. The van der Waals surface area contributed by atoms with Crippen LogP contribution in [0.25, 0.3) is 0 Å². The van der Waals surface area contributed by atoms with Crippen LogP contribution in [-0.2, 0) is 27.2 Å². The van der Waals surface area contributed by atoms with Crippen LogP contribution in [0, 0.1) is 0 Å². The molecule has 6 nitrogen and oxygen atoms in total. The molecule has 18 heavy (non-hydrogen) atoms. The summed E-state index contributed by atoms with van der Waals surface area (Å²) in [6.07, 6.45) is 4.08. The van der Waals surface area contributed by atoms with Gasteiger partial charge in [-0.25, -0.2) is 0 Å². The van der Waals surface area contributed by atoms with Gasteiger partial charge >= 0.3 is 15.2 Å². The number of hydrogen-bond donors (Lipinski definition) is 0. The Kier molecular flexibility index (Phi) is 9.40. The van der Waals surface area contributed by atoms with E-state index in [0.29, 0.717) is 12.3 Å². The minimum Gasteiger partial charge on any atom is -0.312 e. The Hall–Kier alpha value is 0.300. The fourth-order valence-corrected chi connectivity index (χ4v) is 3.73. The van der Waals surface area contributed by atoms with Crippen molar-refractivity contribution in [2.24, 2.45) is 0 Å². The fourth-order valence-electron chi connectivity index (χ4n) is 1.48. The molecule has 0 N–H and O–H groups in total. The number of rotatable bonds is 11. The van der Waals surface area contributed by atoms with E-state index < -0.39 is 15.2 Å². The van der Waals surface area contributed by atoms with Gasteiger partial charge < -0.3 is 18.1 Å². The van der Waals surface area contributed by atoms with Crippen molar-refractivity contribution in [3.05, 3.63) is 0 Å². The minimum absolute atomic E-state index is 0.409. The predicted molar refractivity (Wildman–Crippen MR) is 71.5 cm³/mol. The maximum Gasteiger partial charge on any atom is 0.330 e. The van der Waals surface area contributed by atoms with Crippen LogP contribution in [0.3, 0.4) is 0 Å². The Bertz CT molecular complexity index is 261. The molecule has 0 aromatic carbocycles. The Morgan fingerprint density at radius 1 is 0.611 bits per heavy atom. The molecule has 0 radical (unpaired) electrons. The van der Waals surface area contributed by atoms with E-state index in [1.807, 2.05) is 0 Å². The Morgan fingerprint density at radius 3 is 1.11 bits per heavy atom. The summed E-state index contributed by atoms with van der Waals surface area (Å²) >= 11 is 0. The van der Waals surface area contributed by atoms with Gasteiger partial charge in [-0.1, -0.05) is 12.8 Å². The van der Waals surface area contributed by atoms with E-state index in [-0.39, 0.29) is 0 Å². The van der Waals surface area contributed by atoms with Crippen LogP contribution in [0.5, 0.6) is 0 Å². The molecule has 110 valence electrons. The molecule has 0 fully saturated rings. The van der Waals surface area contributed by atoms with Crippen LogP contribution >= 0.6 is 15.2 Å². The molecule has 0 saturated heterocycles. The van der Waals surface area contributed by atoms with Gasteiger partial charge in [0, 0.05) is 28.4 Å². The normalized spacial score (nSPS) is 12.9. The van der Waals surface area contributed by atoms with Gasteiger partial charge in [0.05, 0.1) is 12.3 Å². The van der Waals surface area contributed by atoms with E-state index in [9.17, 15) is 9.13 Å². The molecule has 0 aliphatic rings. The van der Waals surface area contributed by atoms with E-state index in [2.05, 4.69) is 0 Å². The van der Waals surface area contributed by atoms with Gasteiger partial charge in [0.15, 0.2) is 0 Å². The van der Waals surface area contributed by atoms with Crippen LogP contribution < -0.4 is 0 Å². The van der Waals surface area contributed by atoms with Crippen LogP contribution in [0.15, 0.2) is 0 Å². The summed E-state index contributed by atoms with van der Waals surface area (Å²) in [7, 11) is -0.210.